The molecule has 0 saturated carbocycles. The molecule has 12 nitrogen and oxygen atoms in total. The molecule has 0 aromatic rings. The fraction of sp³-hybridized carbons (Fsp3) is 0.778. The van der Waals surface area contributed by atoms with Gasteiger partial charge in [-0.1, -0.05) is 78.6 Å². The van der Waals surface area contributed by atoms with E-state index in [1.165, 1.54) is 103 Å². The molecule has 0 aliphatic carbocycles. The van der Waals surface area contributed by atoms with Crippen molar-refractivity contribution in [3.8, 4) is 0 Å². The van der Waals surface area contributed by atoms with Gasteiger partial charge in [-0.2, -0.15) is 0 Å². The molecule has 67 heavy (non-hydrogen) atoms. The number of rotatable bonds is 47. The van der Waals surface area contributed by atoms with E-state index in [-0.39, 0.29) is 24.3 Å². The molecule has 0 atom stereocenters. The molecular weight excluding hydrogens is 959 g/mol. The van der Waals surface area contributed by atoms with Crippen LogP contribution in [0.3, 0.4) is 0 Å². The van der Waals surface area contributed by atoms with Crippen molar-refractivity contribution < 1.29 is 52.2 Å². The van der Waals surface area contributed by atoms with Gasteiger partial charge in [-0.25, -0.2) is 0 Å². The van der Waals surface area contributed by atoms with Crippen LogP contribution in [0.15, 0.2) is 36.5 Å². The van der Waals surface area contributed by atoms with Crippen molar-refractivity contribution in [2.45, 2.75) is 250 Å². The number of carbonyl (C=O) groups is 6. The monoisotopic (exact) mass is 1050 g/mol. The van der Waals surface area contributed by atoms with Gasteiger partial charge in [0, 0.05) is 0 Å². The number of ether oxygens (including phenoxy) is 3. The molecule has 0 radical (unpaired) electrons. The van der Waals surface area contributed by atoms with Gasteiger partial charge in [-0.3, -0.25) is 0 Å². The number of unbranched alkanes of at least 4 members (excludes halogenated alkanes) is 30. The van der Waals surface area contributed by atoms with E-state index in [9.17, 15) is 28.8 Å². The van der Waals surface area contributed by atoms with Gasteiger partial charge >= 0.3 is 336 Å². The summed E-state index contributed by atoms with van der Waals surface area (Å²) in [5.41, 5.74) is 0. The van der Waals surface area contributed by atoms with Gasteiger partial charge in [-0.05, 0) is 0 Å². The maximum absolute atomic E-state index is 13.4. The Labute approximate surface area is 412 Å². The van der Waals surface area contributed by atoms with E-state index in [4.69, 9.17) is 23.4 Å². The zero-order valence-corrected chi connectivity index (χ0v) is 45.6. The van der Waals surface area contributed by atoms with Crippen LogP contribution in [0, 0.1) is 0 Å². The van der Waals surface area contributed by atoms with Crippen LogP contribution in [0.2, 0.25) is 4.44 Å². The quantitative estimate of drug-likeness (QED) is 0.0187. The van der Waals surface area contributed by atoms with E-state index in [0.717, 1.165) is 120 Å². The smallest absolute Gasteiger partial charge is 0.0654 e. The Morgan fingerprint density at radius 3 is 0.701 bits per heavy atom. The van der Waals surface area contributed by atoms with Gasteiger partial charge in [0.25, 0.3) is 0 Å². The van der Waals surface area contributed by atoms with Gasteiger partial charge in [0.1, 0.15) is 0 Å². The molecule has 13 heteroatoms. The molecule has 0 spiro atoms. The second-order valence-electron chi connectivity index (χ2n) is 17.8. The summed E-state index contributed by atoms with van der Waals surface area (Å²) in [6.07, 6.45) is 41.4. The fourth-order valence-corrected chi connectivity index (χ4v) is 13.8. The molecule has 0 saturated heterocycles. The summed E-state index contributed by atoms with van der Waals surface area (Å²) in [5, 5.41) is 0. The average Bonchev–Trinajstić information content (AvgIpc) is 3.31. The molecule has 0 heterocycles. The Morgan fingerprint density at radius 1 is 0.269 bits per heavy atom. The molecule has 0 fully saturated rings. The Balaban J connectivity index is 5.88. The number of hydrogen-bond donors (Lipinski definition) is 0. The van der Waals surface area contributed by atoms with Crippen molar-refractivity contribution in [3.63, 3.8) is 0 Å². The molecular formula is C54H94O12Sn. The number of hydrogen-bond acceptors (Lipinski definition) is 12. The summed E-state index contributed by atoms with van der Waals surface area (Å²) >= 11 is -5.63. The minimum Gasteiger partial charge on any atom is -0.0654 e. The normalized spacial score (nSPS) is 11.6. The van der Waals surface area contributed by atoms with E-state index >= 15 is 0 Å². The van der Waals surface area contributed by atoms with E-state index in [0.29, 0.717) is 32.1 Å². The second-order valence-corrected chi connectivity index (χ2v) is 24.9. The minimum atomic E-state index is -5.63. The van der Waals surface area contributed by atoms with Crippen LogP contribution in [0.1, 0.15) is 246 Å². The van der Waals surface area contributed by atoms with Crippen molar-refractivity contribution >= 4 is 55.4 Å². The summed E-state index contributed by atoms with van der Waals surface area (Å²) in [6.45, 7) is 9.34. The summed E-state index contributed by atoms with van der Waals surface area (Å²) in [5.74, 6) is -5.41. The molecule has 0 aromatic carbocycles. The zero-order chi connectivity index (χ0) is 49.3. The van der Waals surface area contributed by atoms with Crippen LogP contribution in [-0.2, 0) is 52.2 Å². The molecule has 386 valence electrons. The molecule has 0 aliphatic heterocycles. The summed E-state index contributed by atoms with van der Waals surface area (Å²) < 4.78 is 33.1. The van der Waals surface area contributed by atoms with Gasteiger partial charge in [0.15, 0.2) is 0 Å². The summed E-state index contributed by atoms with van der Waals surface area (Å²) in [6, 6.07) is 0. The molecule has 0 rings (SSSR count). The molecule has 0 amide bonds. The van der Waals surface area contributed by atoms with Crippen molar-refractivity contribution in [2.75, 3.05) is 19.8 Å². The Bertz CT molecular complexity index is 1220. The van der Waals surface area contributed by atoms with Crippen molar-refractivity contribution in [1.29, 1.82) is 0 Å². The first-order valence-corrected chi connectivity index (χ1v) is 32.4. The van der Waals surface area contributed by atoms with E-state index in [2.05, 4.69) is 27.7 Å². The first-order chi connectivity index (χ1) is 32.6. The topological polar surface area (TPSA) is 158 Å². The number of esters is 3. The molecule has 0 aromatic heterocycles. The Morgan fingerprint density at radius 2 is 0.463 bits per heavy atom. The van der Waals surface area contributed by atoms with E-state index in [1.807, 2.05) is 0 Å². The molecule has 0 unspecified atom stereocenters. The fourth-order valence-electron chi connectivity index (χ4n) is 7.39. The second kappa shape index (κ2) is 47.9. The van der Waals surface area contributed by atoms with Gasteiger partial charge in [0.2, 0.25) is 0 Å². The van der Waals surface area contributed by atoms with Crippen LogP contribution < -0.4 is 0 Å². The molecule has 0 bridgehead atoms. The third-order valence-corrected chi connectivity index (χ3v) is 18.5. The van der Waals surface area contributed by atoms with Crippen LogP contribution in [0.25, 0.3) is 0 Å². The van der Waals surface area contributed by atoms with Gasteiger partial charge in [-0.15, -0.1) is 0 Å². The van der Waals surface area contributed by atoms with Crippen molar-refractivity contribution in [2.24, 2.45) is 0 Å². The van der Waals surface area contributed by atoms with Gasteiger partial charge in [0.05, 0.1) is 0 Å². The van der Waals surface area contributed by atoms with Crippen LogP contribution >= 0.6 is 0 Å². The molecule has 0 N–H and O–H groups in total. The first-order valence-electron chi connectivity index (χ1n) is 26.8. The molecule has 0 aliphatic rings. The van der Waals surface area contributed by atoms with Crippen molar-refractivity contribution in [1.82, 2.24) is 0 Å². The zero-order valence-electron chi connectivity index (χ0n) is 42.7. The van der Waals surface area contributed by atoms with Gasteiger partial charge < -0.3 is 0 Å². The van der Waals surface area contributed by atoms with Crippen LogP contribution in [-0.4, -0.2) is 75.3 Å². The summed E-state index contributed by atoms with van der Waals surface area (Å²) in [7, 11) is 0. The SMILES string of the molecule is CCCCCCCCCCC[CH2][Sn]([O]C(=O)C=CC(=O)OCCCCCCCCCC)([O]C(=O)/C=C\C(=O)OCCCCCCCCCC)[O]C(=O)/C=C\C(=O)OCCCCCCCCCC. The van der Waals surface area contributed by atoms with Crippen LogP contribution in [0.4, 0.5) is 0 Å². The minimum absolute atomic E-state index is 0.0570. The standard InChI is InChI=1S/3C14H24O4.C12H25.Sn/c3*1-2-3-4-5-6-7-8-9-12-18-14(17)11-10-13(15)16;1-3-5-7-9-11-12-10-8-6-4-2;/h3*10-11H,2-9,12H2,1H3,(H,15,16);1,3-12H2,2H3;/q;;;;+3/p-3/b2*11-10-;;;. The average molecular weight is 1050 g/mol. The third-order valence-electron chi connectivity index (χ3n) is 11.4. The first kappa shape index (κ1) is 63.8. The predicted octanol–water partition coefficient (Wildman–Crippen LogP) is 14.2. The number of carbonyl (C=O) groups excluding carboxylic acids is 6. The maximum atomic E-state index is 13.4. The van der Waals surface area contributed by atoms with Crippen molar-refractivity contribution in [3.05, 3.63) is 36.5 Å². The Kier molecular flexibility index (Phi) is 45.6. The van der Waals surface area contributed by atoms with E-state index in [1.54, 1.807) is 0 Å². The Hall–Kier alpha value is -3.16. The third kappa shape index (κ3) is 43.8. The van der Waals surface area contributed by atoms with E-state index < -0.39 is 55.4 Å². The predicted molar refractivity (Wildman–Crippen MR) is 269 cm³/mol. The summed E-state index contributed by atoms with van der Waals surface area (Å²) in [4.78, 5) is 77.6. The van der Waals surface area contributed by atoms with Crippen LogP contribution in [0.5, 0.6) is 0 Å².